The van der Waals surface area contributed by atoms with Crippen molar-refractivity contribution in [3.8, 4) is 0 Å². The summed E-state index contributed by atoms with van der Waals surface area (Å²) < 4.78 is 45.4. The van der Waals surface area contributed by atoms with E-state index >= 15 is 0 Å². The molecule has 0 bridgehead atoms. The van der Waals surface area contributed by atoms with Crippen LogP contribution < -0.4 is 0 Å². The molecule has 1 saturated heterocycles. The van der Waals surface area contributed by atoms with Gasteiger partial charge in [-0.15, -0.1) is 0 Å². The maximum atomic E-state index is 12.0. The SMILES string of the molecule is Cc1cc(C2CCCN2C(=O)COCC(F)(F)F)on1. The zero-order valence-corrected chi connectivity index (χ0v) is 10.9. The molecule has 2 heterocycles. The summed E-state index contributed by atoms with van der Waals surface area (Å²) in [6.07, 6.45) is -2.94. The summed E-state index contributed by atoms with van der Waals surface area (Å²) in [6.45, 7) is 0.251. The van der Waals surface area contributed by atoms with Crippen LogP contribution in [0.3, 0.4) is 0 Å². The maximum Gasteiger partial charge on any atom is 0.411 e. The first-order chi connectivity index (χ1) is 9.37. The molecule has 5 nitrogen and oxygen atoms in total. The molecule has 1 unspecified atom stereocenters. The average molecular weight is 292 g/mol. The van der Waals surface area contributed by atoms with E-state index in [2.05, 4.69) is 9.89 Å². The number of alkyl halides is 3. The van der Waals surface area contributed by atoms with Gasteiger partial charge in [0, 0.05) is 12.6 Å². The lowest BCUT2D eigenvalue weighted by atomic mass is 10.1. The number of halogens is 3. The normalized spacial score (nSPS) is 19.6. The molecule has 20 heavy (non-hydrogen) atoms. The first-order valence-electron chi connectivity index (χ1n) is 6.24. The molecule has 1 amide bonds. The minimum Gasteiger partial charge on any atom is -0.362 e. The highest BCUT2D eigenvalue weighted by molar-refractivity contribution is 5.78. The number of hydrogen-bond acceptors (Lipinski definition) is 4. The van der Waals surface area contributed by atoms with E-state index in [1.807, 2.05) is 0 Å². The lowest BCUT2D eigenvalue weighted by Gasteiger charge is -2.22. The zero-order valence-electron chi connectivity index (χ0n) is 10.9. The van der Waals surface area contributed by atoms with E-state index in [9.17, 15) is 18.0 Å². The van der Waals surface area contributed by atoms with Gasteiger partial charge in [-0.2, -0.15) is 13.2 Å². The van der Waals surface area contributed by atoms with Crippen LogP contribution in [0.5, 0.6) is 0 Å². The Morgan fingerprint density at radius 3 is 2.95 bits per heavy atom. The molecule has 1 fully saturated rings. The third-order valence-corrected chi connectivity index (χ3v) is 3.04. The second kappa shape index (κ2) is 5.82. The first-order valence-corrected chi connectivity index (χ1v) is 6.24. The summed E-state index contributed by atoms with van der Waals surface area (Å²) in [4.78, 5) is 13.4. The summed E-state index contributed by atoms with van der Waals surface area (Å²) in [5.41, 5.74) is 0.702. The van der Waals surface area contributed by atoms with Crippen molar-refractivity contribution < 1.29 is 27.2 Å². The molecule has 0 spiro atoms. The first kappa shape index (κ1) is 14.8. The number of carbonyl (C=O) groups excluding carboxylic acids is 1. The van der Waals surface area contributed by atoms with Crippen LogP contribution in [0.2, 0.25) is 0 Å². The number of aromatic nitrogens is 1. The van der Waals surface area contributed by atoms with Gasteiger partial charge in [-0.05, 0) is 19.8 Å². The summed E-state index contributed by atoms with van der Waals surface area (Å²) in [5, 5.41) is 3.76. The molecular weight excluding hydrogens is 277 g/mol. The molecule has 2 rings (SSSR count). The third kappa shape index (κ3) is 3.72. The fraction of sp³-hybridized carbons (Fsp3) is 0.667. The van der Waals surface area contributed by atoms with Crippen LogP contribution in [0.4, 0.5) is 13.2 Å². The van der Waals surface area contributed by atoms with E-state index in [0.29, 0.717) is 24.4 Å². The highest BCUT2D eigenvalue weighted by Gasteiger charge is 2.33. The molecule has 0 saturated carbocycles. The number of amides is 1. The highest BCUT2D eigenvalue weighted by Crippen LogP contribution is 2.32. The number of aryl methyl sites for hydroxylation is 1. The third-order valence-electron chi connectivity index (χ3n) is 3.04. The Morgan fingerprint density at radius 2 is 2.35 bits per heavy atom. The predicted molar refractivity (Wildman–Crippen MR) is 61.8 cm³/mol. The Kier molecular flexibility index (Phi) is 4.32. The Balaban J connectivity index is 1.92. The molecule has 0 radical (unpaired) electrons. The minimum absolute atomic E-state index is 0.266. The molecule has 112 valence electrons. The van der Waals surface area contributed by atoms with Crippen LogP contribution in [0.15, 0.2) is 10.6 Å². The number of carbonyl (C=O) groups is 1. The topological polar surface area (TPSA) is 55.6 Å². The van der Waals surface area contributed by atoms with E-state index in [4.69, 9.17) is 4.52 Å². The predicted octanol–water partition coefficient (Wildman–Crippen LogP) is 2.23. The second-order valence-electron chi connectivity index (χ2n) is 4.72. The van der Waals surface area contributed by atoms with Gasteiger partial charge in [-0.3, -0.25) is 4.79 Å². The molecule has 1 aliphatic heterocycles. The van der Waals surface area contributed by atoms with Gasteiger partial charge < -0.3 is 14.2 Å². The fourth-order valence-electron chi connectivity index (χ4n) is 2.24. The van der Waals surface area contributed by atoms with Crippen LogP contribution in [0.25, 0.3) is 0 Å². The summed E-state index contributed by atoms with van der Waals surface area (Å²) in [6, 6.07) is 1.46. The Morgan fingerprint density at radius 1 is 1.60 bits per heavy atom. The van der Waals surface area contributed by atoms with Crippen molar-refractivity contribution in [3.05, 3.63) is 17.5 Å². The van der Waals surface area contributed by atoms with Gasteiger partial charge in [-0.1, -0.05) is 5.16 Å². The van der Waals surface area contributed by atoms with E-state index in [0.717, 1.165) is 6.42 Å². The molecule has 1 aromatic rings. The van der Waals surface area contributed by atoms with E-state index in [1.165, 1.54) is 4.90 Å². The van der Waals surface area contributed by atoms with Crippen LogP contribution >= 0.6 is 0 Å². The molecule has 0 N–H and O–H groups in total. The van der Waals surface area contributed by atoms with Gasteiger partial charge in [0.05, 0.1) is 11.7 Å². The zero-order chi connectivity index (χ0) is 14.8. The number of nitrogens with zero attached hydrogens (tertiary/aromatic N) is 2. The van der Waals surface area contributed by atoms with Gasteiger partial charge in [0.15, 0.2) is 5.76 Å². The van der Waals surface area contributed by atoms with Gasteiger partial charge in [-0.25, -0.2) is 0 Å². The number of rotatable bonds is 4. The van der Waals surface area contributed by atoms with Crippen molar-refractivity contribution in [2.75, 3.05) is 19.8 Å². The molecule has 8 heteroatoms. The number of hydrogen-bond donors (Lipinski definition) is 0. The van der Waals surface area contributed by atoms with Crippen LogP contribution in [0.1, 0.15) is 30.3 Å². The van der Waals surface area contributed by atoms with Gasteiger partial charge >= 0.3 is 6.18 Å². The fourth-order valence-corrected chi connectivity index (χ4v) is 2.24. The Labute approximate surface area is 113 Å². The maximum absolute atomic E-state index is 12.0. The minimum atomic E-state index is -4.42. The van der Waals surface area contributed by atoms with E-state index < -0.39 is 25.3 Å². The van der Waals surface area contributed by atoms with Crippen molar-refractivity contribution in [1.29, 1.82) is 0 Å². The molecule has 1 atom stereocenters. The lowest BCUT2D eigenvalue weighted by Crippen LogP contribution is -2.34. The highest BCUT2D eigenvalue weighted by atomic mass is 19.4. The van der Waals surface area contributed by atoms with Crippen molar-refractivity contribution >= 4 is 5.91 Å². The van der Waals surface area contributed by atoms with Crippen LogP contribution in [0, 0.1) is 6.92 Å². The molecule has 0 aromatic carbocycles. The van der Waals surface area contributed by atoms with Gasteiger partial charge in [0.1, 0.15) is 13.2 Å². The van der Waals surface area contributed by atoms with Gasteiger partial charge in [0.2, 0.25) is 5.91 Å². The molecule has 1 aromatic heterocycles. The van der Waals surface area contributed by atoms with Crippen molar-refractivity contribution in [1.82, 2.24) is 10.1 Å². The second-order valence-corrected chi connectivity index (χ2v) is 4.72. The molecule has 1 aliphatic rings. The Bertz CT molecular complexity index is 473. The number of likely N-dealkylation sites (tertiary alicyclic amines) is 1. The largest absolute Gasteiger partial charge is 0.411 e. The average Bonchev–Trinajstić information content (AvgIpc) is 2.94. The molecule has 0 aliphatic carbocycles. The van der Waals surface area contributed by atoms with Gasteiger partial charge in [0.25, 0.3) is 0 Å². The summed E-state index contributed by atoms with van der Waals surface area (Å²) in [5.74, 6) is 0.0926. The van der Waals surface area contributed by atoms with Crippen LogP contribution in [-0.2, 0) is 9.53 Å². The summed E-state index contributed by atoms with van der Waals surface area (Å²) >= 11 is 0. The van der Waals surface area contributed by atoms with E-state index in [1.54, 1.807) is 13.0 Å². The smallest absolute Gasteiger partial charge is 0.362 e. The van der Waals surface area contributed by atoms with Crippen molar-refractivity contribution in [2.24, 2.45) is 0 Å². The van der Waals surface area contributed by atoms with E-state index in [-0.39, 0.29) is 6.04 Å². The summed E-state index contributed by atoms with van der Waals surface area (Å²) in [7, 11) is 0. The van der Waals surface area contributed by atoms with Crippen LogP contribution in [-0.4, -0.2) is 41.9 Å². The van der Waals surface area contributed by atoms with Crippen molar-refractivity contribution in [2.45, 2.75) is 32.0 Å². The van der Waals surface area contributed by atoms with Crippen molar-refractivity contribution in [3.63, 3.8) is 0 Å². The molecular formula is C12H15F3N2O3. The standard InChI is InChI=1S/C12H15F3N2O3/c1-8-5-10(20-16-8)9-3-2-4-17(9)11(18)6-19-7-12(13,14)15/h5,9H,2-4,6-7H2,1H3. The quantitative estimate of drug-likeness (QED) is 0.854. The monoisotopic (exact) mass is 292 g/mol. The lowest BCUT2D eigenvalue weighted by molar-refractivity contribution is -0.178. The Hall–Kier alpha value is -1.57. The number of ether oxygens (including phenoxy) is 1.